The Morgan fingerprint density at radius 3 is 2.55 bits per heavy atom. The molecule has 0 saturated heterocycles. The Balaban J connectivity index is 0.00000113. The number of hydrogen-bond donors (Lipinski definition) is 3. The first-order valence-corrected chi connectivity index (χ1v) is 12.0. The van der Waals surface area contributed by atoms with Crippen LogP contribution >= 0.6 is 0 Å². The summed E-state index contributed by atoms with van der Waals surface area (Å²) in [5.41, 5.74) is 14.8. The molecule has 0 bridgehead atoms. The van der Waals surface area contributed by atoms with Gasteiger partial charge in [-0.1, -0.05) is 44.1 Å². The summed E-state index contributed by atoms with van der Waals surface area (Å²) in [6, 6.07) is 3.85. The molecule has 0 saturated carbocycles. The van der Waals surface area contributed by atoms with Crippen LogP contribution in [-0.4, -0.2) is 45.3 Å². The van der Waals surface area contributed by atoms with E-state index in [1.807, 2.05) is 12.1 Å². The van der Waals surface area contributed by atoms with Crippen LogP contribution in [0.25, 0.3) is 0 Å². The number of aliphatic hydroxyl groups is 1. The van der Waals surface area contributed by atoms with Crippen molar-refractivity contribution >= 4 is 11.0 Å². The third-order valence-corrected chi connectivity index (χ3v) is 6.31. The standard InChI is InChI=1S/C20H30N2OS.C3H7NO.CH5N/c1-5-9-16(3)14-18(17(4)6-2)15-22-13-8-10-19-20(24(22)23)11-7-12-21-19;1-3(4)2-5;1-2/h7,11-12,14H,5-6,8-10,13,15H2,1-4H3;5H,1-2,4H2;2H2,1H3/b16-14+,18-17+;;. The summed E-state index contributed by atoms with van der Waals surface area (Å²) < 4.78 is 15.2. The highest BCUT2D eigenvalue weighted by atomic mass is 32.2. The lowest BCUT2D eigenvalue weighted by Crippen LogP contribution is -2.28. The fourth-order valence-corrected chi connectivity index (χ4v) is 4.42. The number of allylic oxidation sites excluding steroid dienone is 2. The van der Waals surface area contributed by atoms with Gasteiger partial charge in [-0.05, 0) is 64.3 Å². The number of rotatable bonds is 7. The first-order chi connectivity index (χ1) is 14.8. The maximum Gasteiger partial charge on any atom is 0.129 e. The summed E-state index contributed by atoms with van der Waals surface area (Å²) in [7, 11) is 0.379. The minimum Gasteiger partial charge on any atom is -0.401 e. The van der Waals surface area contributed by atoms with Gasteiger partial charge in [0.15, 0.2) is 0 Å². The van der Waals surface area contributed by atoms with Gasteiger partial charge in [-0.2, -0.15) is 0 Å². The number of hydrogen-bond acceptors (Lipinski definition) is 5. The van der Waals surface area contributed by atoms with E-state index in [1.165, 1.54) is 23.8 Å². The molecule has 6 nitrogen and oxygen atoms in total. The lowest BCUT2D eigenvalue weighted by Gasteiger charge is -2.21. The molecule has 1 atom stereocenters. The van der Waals surface area contributed by atoms with E-state index in [9.17, 15) is 4.21 Å². The van der Waals surface area contributed by atoms with Gasteiger partial charge in [-0.25, -0.2) is 8.51 Å². The van der Waals surface area contributed by atoms with Crippen LogP contribution in [0.2, 0.25) is 0 Å². The Bertz CT molecular complexity index is 760. The number of aliphatic hydroxyl groups excluding tert-OH is 1. The molecule has 176 valence electrons. The van der Waals surface area contributed by atoms with E-state index in [4.69, 9.17) is 10.8 Å². The van der Waals surface area contributed by atoms with E-state index < -0.39 is 11.0 Å². The van der Waals surface area contributed by atoms with Crippen LogP contribution in [0, 0.1) is 0 Å². The molecular weight excluding hydrogens is 408 g/mol. The summed E-state index contributed by atoms with van der Waals surface area (Å²) >= 11 is 0. The molecule has 0 spiro atoms. The smallest absolute Gasteiger partial charge is 0.129 e. The molecule has 31 heavy (non-hydrogen) atoms. The zero-order valence-corrected chi connectivity index (χ0v) is 20.8. The van der Waals surface area contributed by atoms with E-state index in [2.05, 4.69) is 55.4 Å². The summed E-state index contributed by atoms with van der Waals surface area (Å²) in [5.74, 6) is 0. The first kappa shape index (κ1) is 29.2. The van der Waals surface area contributed by atoms with E-state index in [1.54, 1.807) is 6.20 Å². The van der Waals surface area contributed by atoms with E-state index >= 15 is 0 Å². The fourth-order valence-electron chi connectivity index (χ4n) is 3.04. The van der Waals surface area contributed by atoms with Crippen LogP contribution in [0.4, 0.5) is 0 Å². The predicted octanol–water partition coefficient (Wildman–Crippen LogP) is 3.85. The number of pyridine rings is 1. The molecule has 1 aliphatic rings. The van der Waals surface area contributed by atoms with Crippen molar-refractivity contribution in [1.29, 1.82) is 0 Å². The summed E-state index contributed by atoms with van der Waals surface area (Å²) in [4.78, 5) is 5.31. The van der Waals surface area contributed by atoms with Crippen LogP contribution in [0.3, 0.4) is 0 Å². The van der Waals surface area contributed by atoms with Gasteiger partial charge in [0, 0.05) is 25.0 Å². The van der Waals surface area contributed by atoms with Gasteiger partial charge in [-0.15, -0.1) is 0 Å². The third kappa shape index (κ3) is 10.9. The van der Waals surface area contributed by atoms with Crippen molar-refractivity contribution < 1.29 is 9.32 Å². The molecule has 0 fully saturated rings. The van der Waals surface area contributed by atoms with Crippen LogP contribution in [0.15, 0.2) is 58.3 Å². The second-order valence-electron chi connectivity index (χ2n) is 7.38. The molecule has 0 aromatic carbocycles. The zero-order valence-electron chi connectivity index (χ0n) is 20.0. The summed E-state index contributed by atoms with van der Waals surface area (Å²) in [6.07, 6.45) is 9.35. The maximum atomic E-state index is 13.0. The zero-order chi connectivity index (χ0) is 23.8. The molecule has 5 N–H and O–H groups in total. The van der Waals surface area contributed by atoms with Gasteiger partial charge in [0.05, 0.1) is 17.2 Å². The van der Waals surface area contributed by atoms with Crippen LogP contribution in [-0.2, 0) is 17.4 Å². The maximum absolute atomic E-state index is 13.0. The Morgan fingerprint density at radius 2 is 2.00 bits per heavy atom. The van der Waals surface area contributed by atoms with Gasteiger partial charge in [-0.3, -0.25) is 4.98 Å². The van der Waals surface area contributed by atoms with Gasteiger partial charge >= 0.3 is 0 Å². The van der Waals surface area contributed by atoms with Crippen molar-refractivity contribution in [2.24, 2.45) is 11.5 Å². The highest BCUT2D eigenvalue weighted by molar-refractivity contribution is 7.82. The number of nitrogens with two attached hydrogens (primary N) is 2. The second-order valence-corrected chi connectivity index (χ2v) is 8.84. The number of aromatic nitrogens is 1. The van der Waals surface area contributed by atoms with Crippen molar-refractivity contribution in [3.05, 3.63) is 59.1 Å². The topological polar surface area (TPSA) is 105 Å². The normalized spacial score (nSPS) is 17.1. The molecular formula is C24H42N4O2S. The molecule has 2 rings (SSSR count). The van der Waals surface area contributed by atoms with Crippen molar-refractivity contribution in [3.63, 3.8) is 0 Å². The molecule has 7 heteroatoms. The Kier molecular flexibility index (Phi) is 15.9. The van der Waals surface area contributed by atoms with Crippen molar-refractivity contribution in [2.45, 2.75) is 64.7 Å². The molecule has 1 aromatic rings. The van der Waals surface area contributed by atoms with Gasteiger partial charge < -0.3 is 16.6 Å². The van der Waals surface area contributed by atoms with E-state index in [0.29, 0.717) is 5.70 Å². The lowest BCUT2D eigenvalue weighted by molar-refractivity contribution is 0.330. The van der Waals surface area contributed by atoms with Crippen molar-refractivity contribution in [1.82, 2.24) is 9.29 Å². The highest BCUT2D eigenvalue weighted by Crippen LogP contribution is 2.23. The van der Waals surface area contributed by atoms with Crippen molar-refractivity contribution in [3.8, 4) is 0 Å². The van der Waals surface area contributed by atoms with Crippen LogP contribution in [0.5, 0.6) is 0 Å². The number of fused-ring (bicyclic) bond motifs is 1. The molecule has 1 aliphatic heterocycles. The van der Waals surface area contributed by atoms with Crippen LogP contribution < -0.4 is 11.5 Å². The predicted molar refractivity (Wildman–Crippen MR) is 133 cm³/mol. The van der Waals surface area contributed by atoms with Gasteiger partial charge in [0.1, 0.15) is 11.0 Å². The van der Waals surface area contributed by atoms with Crippen molar-refractivity contribution in [2.75, 3.05) is 26.7 Å². The third-order valence-electron chi connectivity index (χ3n) is 4.79. The average Bonchev–Trinajstić information content (AvgIpc) is 2.93. The van der Waals surface area contributed by atoms with E-state index in [-0.39, 0.29) is 6.61 Å². The fraction of sp³-hybridized carbons (Fsp3) is 0.542. The van der Waals surface area contributed by atoms with Gasteiger partial charge in [0.25, 0.3) is 0 Å². The largest absolute Gasteiger partial charge is 0.401 e. The second kappa shape index (κ2) is 16.8. The first-order valence-electron chi connectivity index (χ1n) is 10.9. The molecule has 1 aromatic heterocycles. The molecule has 1 unspecified atom stereocenters. The van der Waals surface area contributed by atoms with Crippen LogP contribution in [0.1, 0.15) is 59.1 Å². The Hall–Kier alpha value is -1.80. The number of nitrogens with zero attached hydrogens (tertiary/aromatic N) is 2. The molecule has 0 aliphatic carbocycles. The number of aryl methyl sites for hydroxylation is 1. The Labute approximate surface area is 191 Å². The molecule has 0 amide bonds. The summed E-state index contributed by atoms with van der Waals surface area (Å²) in [6.45, 7) is 13.5. The Morgan fingerprint density at radius 1 is 1.35 bits per heavy atom. The molecule has 0 radical (unpaired) electrons. The minimum absolute atomic E-state index is 0.111. The SMILES string of the molecule is C=C(N)CO.CCC/C(C)=C/C(CN1CCCc2ncccc2S1=O)=C(/C)CC.CN. The summed E-state index contributed by atoms with van der Waals surface area (Å²) in [5, 5.41) is 7.92. The van der Waals surface area contributed by atoms with Gasteiger partial charge in [0.2, 0.25) is 0 Å². The highest BCUT2D eigenvalue weighted by Gasteiger charge is 2.23. The quantitative estimate of drug-likeness (QED) is 0.547. The molecule has 2 heterocycles. The monoisotopic (exact) mass is 450 g/mol. The van der Waals surface area contributed by atoms with E-state index in [0.717, 1.165) is 55.8 Å². The minimum atomic E-state index is -1.12. The lowest BCUT2D eigenvalue weighted by atomic mass is 10.0. The average molecular weight is 451 g/mol.